The van der Waals surface area contributed by atoms with Crippen LogP contribution in [-0.2, 0) is 10.7 Å². The van der Waals surface area contributed by atoms with Gasteiger partial charge in [-0.2, -0.15) is 0 Å². The van der Waals surface area contributed by atoms with E-state index in [9.17, 15) is 12.8 Å². The van der Waals surface area contributed by atoms with E-state index in [2.05, 4.69) is 0 Å². The molecule has 0 fully saturated rings. The highest BCUT2D eigenvalue weighted by Crippen LogP contribution is 2.09. The molecule has 11 heavy (non-hydrogen) atoms. The van der Waals surface area contributed by atoms with Crippen molar-refractivity contribution in [2.75, 3.05) is 0 Å². The van der Waals surface area contributed by atoms with Gasteiger partial charge < -0.3 is 0 Å². The summed E-state index contributed by atoms with van der Waals surface area (Å²) in [5, 5.41) is 0. The summed E-state index contributed by atoms with van der Waals surface area (Å²) in [5.74, 6) is -0.485. The number of aryl methyl sites for hydroxylation is 1. The quantitative estimate of drug-likeness (QED) is 0.647. The Morgan fingerprint density at radius 1 is 1.36 bits per heavy atom. The molecule has 0 aliphatic carbocycles. The van der Waals surface area contributed by atoms with Gasteiger partial charge in [-0.15, -0.1) is 0 Å². The van der Waals surface area contributed by atoms with Gasteiger partial charge in [0, 0.05) is 0 Å². The first kappa shape index (κ1) is 8.20. The molecule has 0 bridgehead atoms. The van der Waals surface area contributed by atoms with Gasteiger partial charge in [-0.1, -0.05) is 6.07 Å². The average molecular weight is 174 g/mol. The van der Waals surface area contributed by atoms with Crippen LogP contribution in [0.15, 0.2) is 23.1 Å². The SMILES string of the molecule is Cc1ccc([SH](=O)=O)cc1F. The summed E-state index contributed by atoms with van der Waals surface area (Å²) < 4.78 is 33.3. The maximum atomic E-state index is 12.7. The lowest BCUT2D eigenvalue weighted by Crippen LogP contribution is -1.85. The molecule has 0 heterocycles. The van der Waals surface area contributed by atoms with Gasteiger partial charge in [-0.05, 0) is 24.6 Å². The van der Waals surface area contributed by atoms with Crippen molar-refractivity contribution in [3.63, 3.8) is 0 Å². The van der Waals surface area contributed by atoms with Crippen LogP contribution in [0.25, 0.3) is 0 Å². The van der Waals surface area contributed by atoms with E-state index in [0.29, 0.717) is 5.56 Å². The Morgan fingerprint density at radius 3 is 2.45 bits per heavy atom. The molecule has 1 aromatic carbocycles. The highest BCUT2D eigenvalue weighted by Gasteiger charge is 1.99. The third-order valence-corrected chi connectivity index (χ3v) is 2.07. The van der Waals surface area contributed by atoms with Crippen LogP contribution in [-0.4, -0.2) is 8.42 Å². The minimum absolute atomic E-state index is 0.0168. The number of rotatable bonds is 1. The zero-order valence-electron chi connectivity index (χ0n) is 5.87. The van der Waals surface area contributed by atoms with E-state index in [4.69, 9.17) is 0 Å². The number of benzene rings is 1. The Bertz CT molecular complexity index is 336. The lowest BCUT2D eigenvalue weighted by molar-refractivity contribution is 0.602. The molecule has 0 N–H and O–H groups in total. The molecule has 1 rings (SSSR count). The first-order chi connectivity index (χ1) is 5.11. The summed E-state index contributed by atoms with van der Waals surface area (Å²) in [6, 6.07) is 3.83. The second-order valence-corrected chi connectivity index (χ2v) is 3.22. The molecule has 4 heteroatoms. The molecule has 1 aromatic rings. The van der Waals surface area contributed by atoms with Crippen LogP contribution in [0.2, 0.25) is 0 Å². The van der Waals surface area contributed by atoms with Crippen LogP contribution in [0.3, 0.4) is 0 Å². The fourth-order valence-electron chi connectivity index (χ4n) is 0.695. The zero-order chi connectivity index (χ0) is 8.43. The second kappa shape index (κ2) is 3.00. The maximum Gasteiger partial charge on any atom is 0.168 e. The topological polar surface area (TPSA) is 34.1 Å². The molecule has 2 nitrogen and oxygen atoms in total. The molecule has 0 spiro atoms. The molecule has 0 aliphatic heterocycles. The highest BCUT2D eigenvalue weighted by atomic mass is 32.2. The fourth-order valence-corrected chi connectivity index (χ4v) is 1.11. The van der Waals surface area contributed by atoms with Gasteiger partial charge in [0.1, 0.15) is 5.82 Å². The van der Waals surface area contributed by atoms with Gasteiger partial charge >= 0.3 is 0 Å². The molecule has 0 aliphatic rings. The van der Waals surface area contributed by atoms with Crippen molar-refractivity contribution in [3.05, 3.63) is 29.6 Å². The minimum Gasteiger partial charge on any atom is -0.227 e. The van der Waals surface area contributed by atoms with Gasteiger partial charge in [-0.3, -0.25) is 0 Å². The van der Waals surface area contributed by atoms with Crippen molar-refractivity contribution in [1.82, 2.24) is 0 Å². The van der Waals surface area contributed by atoms with E-state index in [0.717, 1.165) is 6.07 Å². The number of thiol groups is 1. The summed E-state index contributed by atoms with van der Waals surface area (Å²) in [6.45, 7) is 1.58. The Morgan fingerprint density at radius 2 is 2.00 bits per heavy atom. The van der Waals surface area contributed by atoms with Crippen molar-refractivity contribution in [2.24, 2.45) is 0 Å². The molecule has 0 amide bonds. The molecule has 0 unspecified atom stereocenters. The molecule has 0 radical (unpaired) electrons. The van der Waals surface area contributed by atoms with Crippen LogP contribution in [0.5, 0.6) is 0 Å². The van der Waals surface area contributed by atoms with E-state index in [1.54, 1.807) is 6.92 Å². The van der Waals surface area contributed by atoms with Gasteiger partial charge in [0.05, 0.1) is 4.90 Å². The van der Waals surface area contributed by atoms with Crippen molar-refractivity contribution in [1.29, 1.82) is 0 Å². The van der Waals surface area contributed by atoms with E-state index in [-0.39, 0.29) is 4.90 Å². The Labute approximate surface area is 65.6 Å². The number of halogens is 1. The van der Waals surface area contributed by atoms with E-state index >= 15 is 0 Å². The molecular weight excluding hydrogens is 167 g/mol. The largest absolute Gasteiger partial charge is 0.227 e. The molecule has 60 valence electrons. The van der Waals surface area contributed by atoms with Crippen molar-refractivity contribution in [2.45, 2.75) is 11.8 Å². The molecular formula is C7H7FO2S. The lowest BCUT2D eigenvalue weighted by atomic mass is 10.2. The van der Waals surface area contributed by atoms with Crippen LogP contribution >= 0.6 is 0 Å². The van der Waals surface area contributed by atoms with Crippen molar-refractivity contribution < 1.29 is 12.8 Å². The predicted octanol–water partition coefficient (Wildman–Crippen LogP) is 1.10. The molecule has 0 aromatic heterocycles. The fraction of sp³-hybridized carbons (Fsp3) is 0.143. The summed E-state index contributed by atoms with van der Waals surface area (Å²) in [6.07, 6.45) is 0. The van der Waals surface area contributed by atoms with Gasteiger partial charge in [-0.25, -0.2) is 12.8 Å². The third kappa shape index (κ3) is 1.77. The molecule has 0 atom stereocenters. The molecule has 0 saturated heterocycles. The van der Waals surface area contributed by atoms with Crippen LogP contribution < -0.4 is 0 Å². The summed E-state index contributed by atoms with van der Waals surface area (Å²) in [4.78, 5) is 0.0168. The van der Waals surface area contributed by atoms with Gasteiger partial charge in [0.25, 0.3) is 0 Å². The van der Waals surface area contributed by atoms with Crippen LogP contribution in [0.4, 0.5) is 4.39 Å². The first-order valence-corrected chi connectivity index (χ1v) is 4.19. The Kier molecular flexibility index (Phi) is 2.24. The van der Waals surface area contributed by atoms with E-state index in [1.807, 2.05) is 0 Å². The summed E-state index contributed by atoms with van der Waals surface area (Å²) in [5.41, 5.74) is 0.450. The van der Waals surface area contributed by atoms with Crippen molar-refractivity contribution in [3.8, 4) is 0 Å². The third-order valence-electron chi connectivity index (χ3n) is 1.37. The Hall–Kier alpha value is -0.900. The predicted molar refractivity (Wildman–Crippen MR) is 39.7 cm³/mol. The van der Waals surface area contributed by atoms with Crippen molar-refractivity contribution >= 4 is 10.7 Å². The zero-order valence-corrected chi connectivity index (χ0v) is 6.77. The lowest BCUT2D eigenvalue weighted by Gasteiger charge is -1.94. The Balaban J connectivity index is 3.26. The number of hydrogen-bond donors (Lipinski definition) is 1. The standard InChI is InChI=1S/C7H7FO2S/c1-5-2-3-6(11(9)10)4-7(5)8/h2-4,11H,1H3. The average Bonchev–Trinajstić information content (AvgIpc) is 1.94. The smallest absolute Gasteiger partial charge is 0.168 e. The second-order valence-electron chi connectivity index (χ2n) is 2.19. The summed E-state index contributed by atoms with van der Waals surface area (Å²) >= 11 is 0. The first-order valence-electron chi connectivity index (χ1n) is 3.02. The summed E-state index contributed by atoms with van der Waals surface area (Å²) in [7, 11) is -2.66. The minimum atomic E-state index is -2.66. The maximum absolute atomic E-state index is 12.7. The van der Waals surface area contributed by atoms with E-state index in [1.165, 1.54) is 12.1 Å². The van der Waals surface area contributed by atoms with Gasteiger partial charge in [0.2, 0.25) is 0 Å². The number of hydrogen-bond acceptors (Lipinski definition) is 2. The highest BCUT2D eigenvalue weighted by molar-refractivity contribution is 7.72. The monoisotopic (exact) mass is 174 g/mol. The van der Waals surface area contributed by atoms with Crippen LogP contribution in [0.1, 0.15) is 5.56 Å². The van der Waals surface area contributed by atoms with Gasteiger partial charge in [0.15, 0.2) is 10.7 Å². The molecule has 0 saturated carbocycles. The van der Waals surface area contributed by atoms with Crippen LogP contribution in [0, 0.1) is 12.7 Å². The van der Waals surface area contributed by atoms with E-state index < -0.39 is 16.5 Å². The normalized spacial score (nSPS) is 10.5.